The van der Waals surface area contributed by atoms with Gasteiger partial charge in [-0.15, -0.1) is 0 Å². The molecule has 0 atom stereocenters. The van der Waals surface area contributed by atoms with Gasteiger partial charge in [-0.05, 0) is 17.7 Å². The average molecular weight is 352 g/mol. The molecule has 6 heteroatoms. The van der Waals surface area contributed by atoms with E-state index in [-0.39, 0.29) is 0 Å². The van der Waals surface area contributed by atoms with Crippen LogP contribution in [0.15, 0.2) is 30.3 Å². The van der Waals surface area contributed by atoms with Gasteiger partial charge in [0.2, 0.25) is 0 Å². The Kier molecular flexibility index (Phi) is 6.58. The maximum absolute atomic E-state index is 6.30. The number of halogens is 1. The van der Waals surface area contributed by atoms with E-state index < -0.39 is 0 Å². The van der Waals surface area contributed by atoms with E-state index in [1.165, 1.54) is 0 Å². The van der Waals surface area contributed by atoms with Crippen LogP contribution in [0, 0.1) is 0 Å². The minimum atomic E-state index is 0.592. The van der Waals surface area contributed by atoms with E-state index >= 15 is 0 Å². The molecule has 0 aliphatic rings. The first-order valence-corrected chi connectivity index (χ1v) is 7.82. The fourth-order valence-electron chi connectivity index (χ4n) is 2.36. The smallest absolute Gasteiger partial charge is 0.162 e. The standard InChI is InChI=1S/C18H22ClNO4/c1-21-14-6-5-12(16(8-14)22-2)10-20-11-13-7-17(23-3)18(24-4)9-15(13)19/h5-9,20H,10-11H2,1-4H3. The highest BCUT2D eigenvalue weighted by atomic mass is 35.5. The fraction of sp³-hybridized carbons (Fsp3) is 0.333. The molecule has 0 saturated carbocycles. The predicted octanol–water partition coefficient (Wildman–Crippen LogP) is 3.66. The van der Waals surface area contributed by atoms with Crippen molar-refractivity contribution in [2.24, 2.45) is 0 Å². The second-order valence-corrected chi connectivity index (χ2v) is 5.49. The second kappa shape index (κ2) is 8.66. The molecule has 130 valence electrons. The molecule has 2 rings (SSSR count). The molecule has 0 unspecified atom stereocenters. The molecule has 1 N–H and O–H groups in total. The number of nitrogens with one attached hydrogen (secondary N) is 1. The maximum Gasteiger partial charge on any atom is 0.162 e. The molecule has 0 aromatic heterocycles. The molecule has 0 spiro atoms. The number of rotatable bonds is 8. The van der Waals surface area contributed by atoms with Crippen molar-refractivity contribution < 1.29 is 18.9 Å². The van der Waals surface area contributed by atoms with Gasteiger partial charge in [-0.1, -0.05) is 17.7 Å². The molecule has 2 aromatic carbocycles. The van der Waals surface area contributed by atoms with Gasteiger partial charge in [0, 0.05) is 35.8 Å². The van der Waals surface area contributed by atoms with Crippen molar-refractivity contribution in [3.8, 4) is 23.0 Å². The number of hydrogen-bond acceptors (Lipinski definition) is 5. The van der Waals surface area contributed by atoms with Gasteiger partial charge in [0.25, 0.3) is 0 Å². The Hall–Kier alpha value is -2.11. The summed E-state index contributed by atoms with van der Waals surface area (Å²) in [7, 11) is 6.46. The minimum Gasteiger partial charge on any atom is -0.497 e. The third-order valence-corrected chi connectivity index (χ3v) is 4.03. The van der Waals surface area contributed by atoms with Crippen LogP contribution in [-0.4, -0.2) is 28.4 Å². The van der Waals surface area contributed by atoms with E-state index in [0.29, 0.717) is 29.6 Å². The maximum atomic E-state index is 6.30. The Morgan fingerprint density at radius 3 is 2.00 bits per heavy atom. The third kappa shape index (κ3) is 4.24. The van der Waals surface area contributed by atoms with Gasteiger partial charge in [0.05, 0.1) is 28.4 Å². The Morgan fingerprint density at radius 1 is 0.750 bits per heavy atom. The SMILES string of the molecule is COc1ccc(CNCc2cc(OC)c(OC)cc2Cl)c(OC)c1. The molecule has 0 aliphatic heterocycles. The van der Waals surface area contributed by atoms with E-state index in [0.717, 1.165) is 22.6 Å². The zero-order valence-electron chi connectivity index (χ0n) is 14.3. The molecular weight excluding hydrogens is 330 g/mol. The summed E-state index contributed by atoms with van der Waals surface area (Å²) in [5.74, 6) is 2.81. The Bertz CT molecular complexity index is 691. The van der Waals surface area contributed by atoms with Crippen LogP contribution in [0.4, 0.5) is 0 Å². The van der Waals surface area contributed by atoms with E-state index in [1.807, 2.05) is 24.3 Å². The normalized spacial score (nSPS) is 10.4. The van der Waals surface area contributed by atoms with E-state index in [9.17, 15) is 0 Å². The van der Waals surface area contributed by atoms with Crippen molar-refractivity contribution in [1.29, 1.82) is 0 Å². The lowest BCUT2D eigenvalue weighted by atomic mass is 10.1. The highest BCUT2D eigenvalue weighted by Gasteiger charge is 2.10. The number of benzene rings is 2. The minimum absolute atomic E-state index is 0.592. The summed E-state index contributed by atoms with van der Waals surface area (Å²) in [6.45, 7) is 1.23. The van der Waals surface area contributed by atoms with Crippen molar-refractivity contribution in [3.63, 3.8) is 0 Å². The Balaban J connectivity index is 2.07. The molecule has 0 fully saturated rings. The lowest BCUT2D eigenvalue weighted by Gasteiger charge is -2.14. The molecule has 0 heterocycles. The van der Waals surface area contributed by atoms with Crippen molar-refractivity contribution in [2.45, 2.75) is 13.1 Å². The van der Waals surface area contributed by atoms with Gasteiger partial charge in [-0.3, -0.25) is 0 Å². The molecule has 0 saturated heterocycles. The van der Waals surface area contributed by atoms with Gasteiger partial charge in [-0.2, -0.15) is 0 Å². The molecule has 0 radical (unpaired) electrons. The van der Waals surface area contributed by atoms with Crippen LogP contribution in [0.3, 0.4) is 0 Å². The summed E-state index contributed by atoms with van der Waals surface area (Å²) >= 11 is 6.30. The van der Waals surface area contributed by atoms with Gasteiger partial charge < -0.3 is 24.3 Å². The lowest BCUT2D eigenvalue weighted by Crippen LogP contribution is -2.14. The molecular formula is C18H22ClNO4. The van der Waals surface area contributed by atoms with Crippen molar-refractivity contribution in [1.82, 2.24) is 5.32 Å². The fourth-order valence-corrected chi connectivity index (χ4v) is 2.58. The highest BCUT2D eigenvalue weighted by Crippen LogP contribution is 2.33. The topological polar surface area (TPSA) is 49.0 Å². The van der Waals surface area contributed by atoms with Crippen molar-refractivity contribution >= 4 is 11.6 Å². The Labute approximate surface area is 147 Å². The van der Waals surface area contributed by atoms with Crippen LogP contribution in [0.25, 0.3) is 0 Å². The van der Waals surface area contributed by atoms with E-state index in [2.05, 4.69) is 5.32 Å². The highest BCUT2D eigenvalue weighted by molar-refractivity contribution is 6.31. The van der Waals surface area contributed by atoms with E-state index in [4.69, 9.17) is 30.5 Å². The zero-order chi connectivity index (χ0) is 17.5. The molecule has 0 bridgehead atoms. The van der Waals surface area contributed by atoms with Crippen LogP contribution >= 0.6 is 11.6 Å². The number of ether oxygens (including phenoxy) is 4. The molecule has 0 amide bonds. The van der Waals surface area contributed by atoms with Gasteiger partial charge in [0.15, 0.2) is 11.5 Å². The Morgan fingerprint density at radius 2 is 1.38 bits per heavy atom. The van der Waals surface area contributed by atoms with Crippen molar-refractivity contribution in [2.75, 3.05) is 28.4 Å². The summed E-state index contributed by atoms with van der Waals surface area (Å²) in [6.07, 6.45) is 0. The summed E-state index contributed by atoms with van der Waals surface area (Å²) in [5, 5.41) is 3.98. The average Bonchev–Trinajstić information content (AvgIpc) is 2.62. The number of hydrogen-bond donors (Lipinski definition) is 1. The molecule has 24 heavy (non-hydrogen) atoms. The summed E-state index contributed by atoms with van der Waals surface area (Å²) in [4.78, 5) is 0. The van der Waals surface area contributed by atoms with Crippen LogP contribution in [0.2, 0.25) is 5.02 Å². The number of methoxy groups -OCH3 is 4. The molecule has 5 nitrogen and oxygen atoms in total. The van der Waals surface area contributed by atoms with Gasteiger partial charge in [0.1, 0.15) is 11.5 Å². The summed E-state index contributed by atoms with van der Waals surface area (Å²) in [5.41, 5.74) is 1.97. The first kappa shape index (κ1) is 18.2. The predicted molar refractivity (Wildman–Crippen MR) is 94.6 cm³/mol. The molecule has 0 aliphatic carbocycles. The van der Waals surface area contributed by atoms with Crippen LogP contribution in [0.5, 0.6) is 23.0 Å². The quantitative estimate of drug-likeness (QED) is 0.786. The van der Waals surface area contributed by atoms with Gasteiger partial charge in [-0.25, -0.2) is 0 Å². The lowest BCUT2D eigenvalue weighted by molar-refractivity contribution is 0.354. The summed E-state index contributed by atoms with van der Waals surface area (Å²) in [6, 6.07) is 9.37. The van der Waals surface area contributed by atoms with Gasteiger partial charge >= 0.3 is 0 Å². The second-order valence-electron chi connectivity index (χ2n) is 5.08. The van der Waals surface area contributed by atoms with Crippen LogP contribution < -0.4 is 24.3 Å². The zero-order valence-corrected chi connectivity index (χ0v) is 15.1. The van der Waals surface area contributed by atoms with Crippen LogP contribution in [-0.2, 0) is 13.1 Å². The van der Waals surface area contributed by atoms with Crippen LogP contribution in [0.1, 0.15) is 11.1 Å². The van der Waals surface area contributed by atoms with Crippen molar-refractivity contribution in [3.05, 3.63) is 46.5 Å². The molecule has 2 aromatic rings. The third-order valence-electron chi connectivity index (χ3n) is 3.68. The largest absolute Gasteiger partial charge is 0.497 e. The summed E-state index contributed by atoms with van der Waals surface area (Å²) < 4.78 is 21.2. The monoisotopic (exact) mass is 351 g/mol. The first-order valence-electron chi connectivity index (χ1n) is 7.45. The first-order chi connectivity index (χ1) is 11.6. The van der Waals surface area contributed by atoms with E-state index in [1.54, 1.807) is 34.5 Å².